The van der Waals surface area contributed by atoms with E-state index in [1.165, 1.54) is 16.8 Å². The predicted molar refractivity (Wildman–Crippen MR) is 85.2 cm³/mol. The zero-order valence-electron chi connectivity index (χ0n) is 12.2. The molecule has 1 aliphatic rings. The summed E-state index contributed by atoms with van der Waals surface area (Å²) in [6, 6.07) is 6.06. The number of aryl methyl sites for hydroxylation is 2. The highest BCUT2D eigenvalue weighted by atomic mass is 32.1. The van der Waals surface area contributed by atoms with Crippen molar-refractivity contribution < 1.29 is 14.7 Å². The molecular weight excluding hydrogens is 302 g/mol. The number of rotatable bonds is 5. The first-order valence-electron chi connectivity index (χ1n) is 6.98. The fraction of sp³-hybridized carbons (Fsp3) is 0.333. The van der Waals surface area contributed by atoms with E-state index in [1.807, 2.05) is 17.6 Å². The molecule has 2 N–H and O–H groups in total. The first kappa shape index (κ1) is 15.0. The lowest BCUT2D eigenvalue weighted by atomic mass is 10.0. The van der Waals surface area contributed by atoms with E-state index in [4.69, 9.17) is 14.7 Å². The van der Waals surface area contributed by atoms with Crippen LogP contribution in [0.2, 0.25) is 0 Å². The highest BCUT2D eigenvalue weighted by Crippen LogP contribution is 2.39. The van der Waals surface area contributed by atoms with Crippen LogP contribution in [0.3, 0.4) is 0 Å². The van der Waals surface area contributed by atoms with E-state index < -0.39 is 0 Å². The van der Waals surface area contributed by atoms with E-state index in [0.29, 0.717) is 5.13 Å². The number of hydrogen-bond donors (Lipinski definition) is 2. The van der Waals surface area contributed by atoms with Crippen molar-refractivity contribution in [1.82, 2.24) is 10.5 Å². The molecule has 2 aromatic rings. The van der Waals surface area contributed by atoms with E-state index in [-0.39, 0.29) is 6.79 Å². The molecule has 3 rings (SSSR count). The van der Waals surface area contributed by atoms with Crippen LogP contribution >= 0.6 is 11.3 Å². The SMILES string of the molecule is COCOc1ccc2c(c1)-c1nc(/N=C/NO)sc1CCC2. The fourth-order valence-corrected chi connectivity index (χ4v) is 3.47. The third-order valence-electron chi connectivity index (χ3n) is 3.45. The standard InChI is InChI=1S/C15H17N3O3S/c1-20-9-21-11-6-5-10-3-2-4-13-14(12(10)7-11)18-15(22-13)16-8-17-19/h5-8,19H,2-4,9H2,1H3,(H,16,17,18). The highest BCUT2D eigenvalue weighted by Gasteiger charge is 2.19. The maximum Gasteiger partial charge on any atom is 0.211 e. The number of thiazole rings is 1. The summed E-state index contributed by atoms with van der Waals surface area (Å²) in [5.41, 5.74) is 5.23. The van der Waals surface area contributed by atoms with Gasteiger partial charge in [-0.1, -0.05) is 17.4 Å². The number of aromatic nitrogens is 1. The van der Waals surface area contributed by atoms with Gasteiger partial charge in [0.25, 0.3) is 0 Å². The van der Waals surface area contributed by atoms with Gasteiger partial charge in [0.15, 0.2) is 6.79 Å². The van der Waals surface area contributed by atoms with Gasteiger partial charge in [0.2, 0.25) is 5.13 Å². The van der Waals surface area contributed by atoms with Crippen molar-refractivity contribution in [3.63, 3.8) is 0 Å². The molecule has 1 aromatic carbocycles. The molecule has 7 heteroatoms. The minimum absolute atomic E-state index is 0.223. The number of nitrogens with zero attached hydrogens (tertiary/aromatic N) is 2. The van der Waals surface area contributed by atoms with Crippen molar-refractivity contribution in [2.45, 2.75) is 19.3 Å². The molecule has 0 amide bonds. The van der Waals surface area contributed by atoms with Crippen LogP contribution in [0.5, 0.6) is 5.75 Å². The van der Waals surface area contributed by atoms with Crippen molar-refractivity contribution >= 4 is 22.8 Å². The minimum atomic E-state index is 0.223. The molecule has 0 radical (unpaired) electrons. The van der Waals surface area contributed by atoms with Crippen LogP contribution in [0.4, 0.5) is 5.13 Å². The molecule has 0 saturated heterocycles. The number of aliphatic imine (C=N–C) groups is 1. The Balaban J connectivity index is 2.00. The molecule has 6 nitrogen and oxygen atoms in total. The van der Waals surface area contributed by atoms with E-state index in [9.17, 15) is 0 Å². The van der Waals surface area contributed by atoms with E-state index in [2.05, 4.69) is 16.0 Å². The molecule has 116 valence electrons. The van der Waals surface area contributed by atoms with Crippen LogP contribution < -0.4 is 10.2 Å². The summed E-state index contributed by atoms with van der Waals surface area (Å²) in [5.74, 6) is 0.767. The fourth-order valence-electron chi connectivity index (χ4n) is 2.51. The van der Waals surface area contributed by atoms with Gasteiger partial charge < -0.3 is 9.47 Å². The molecular formula is C15H17N3O3S. The van der Waals surface area contributed by atoms with Crippen LogP contribution in [0.15, 0.2) is 23.2 Å². The van der Waals surface area contributed by atoms with Crippen LogP contribution in [0.1, 0.15) is 16.9 Å². The lowest BCUT2D eigenvalue weighted by Gasteiger charge is -2.09. The summed E-state index contributed by atoms with van der Waals surface area (Å²) in [6.07, 6.45) is 4.32. The normalized spacial score (nSPS) is 13.5. The predicted octanol–water partition coefficient (Wildman–Crippen LogP) is 2.92. The number of benzene rings is 1. The minimum Gasteiger partial charge on any atom is -0.468 e. The number of hydroxylamine groups is 1. The zero-order chi connectivity index (χ0) is 15.4. The average Bonchev–Trinajstić information content (AvgIpc) is 2.87. The summed E-state index contributed by atoms with van der Waals surface area (Å²) in [5, 5.41) is 9.23. The molecule has 0 bridgehead atoms. The van der Waals surface area contributed by atoms with Gasteiger partial charge in [-0.15, -0.1) is 0 Å². The van der Waals surface area contributed by atoms with Gasteiger partial charge in [-0.05, 0) is 37.0 Å². The Labute approximate surface area is 132 Å². The van der Waals surface area contributed by atoms with Crippen molar-refractivity contribution in [2.24, 2.45) is 4.99 Å². The van der Waals surface area contributed by atoms with E-state index >= 15 is 0 Å². The zero-order valence-corrected chi connectivity index (χ0v) is 13.0. The van der Waals surface area contributed by atoms with Gasteiger partial charge in [-0.25, -0.2) is 9.98 Å². The molecule has 0 fully saturated rings. The first-order chi connectivity index (χ1) is 10.8. The van der Waals surface area contributed by atoms with Crippen LogP contribution in [-0.2, 0) is 17.6 Å². The second kappa shape index (κ2) is 6.87. The Morgan fingerprint density at radius 2 is 2.36 bits per heavy atom. The van der Waals surface area contributed by atoms with Crippen LogP contribution in [-0.4, -0.2) is 30.4 Å². The summed E-state index contributed by atoms with van der Waals surface area (Å²) >= 11 is 1.55. The lowest BCUT2D eigenvalue weighted by Crippen LogP contribution is -2.00. The van der Waals surface area contributed by atoms with Gasteiger partial charge in [-0.2, -0.15) is 0 Å². The van der Waals surface area contributed by atoms with Crippen molar-refractivity contribution in [3.8, 4) is 17.0 Å². The summed E-state index contributed by atoms with van der Waals surface area (Å²) in [4.78, 5) is 9.88. The molecule has 0 atom stereocenters. The third kappa shape index (κ3) is 3.11. The highest BCUT2D eigenvalue weighted by molar-refractivity contribution is 7.15. The quantitative estimate of drug-likeness (QED) is 0.383. The Morgan fingerprint density at radius 1 is 1.45 bits per heavy atom. The average molecular weight is 319 g/mol. The summed E-state index contributed by atoms with van der Waals surface area (Å²) < 4.78 is 10.5. The molecule has 22 heavy (non-hydrogen) atoms. The van der Waals surface area contributed by atoms with Gasteiger partial charge in [0.05, 0.1) is 5.69 Å². The Bertz CT molecular complexity index is 685. The summed E-state index contributed by atoms with van der Waals surface area (Å²) in [6.45, 7) is 0.223. The van der Waals surface area contributed by atoms with Gasteiger partial charge >= 0.3 is 0 Å². The van der Waals surface area contributed by atoms with Crippen molar-refractivity contribution in [2.75, 3.05) is 13.9 Å². The number of ether oxygens (including phenoxy) is 2. The third-order valence-corrected chi connectivity index (χ3v) is 4.47. The van der Waals surface area contributed by atoms with E-state index in [1.54, 1.807) is 18.4 Å². The maximum atomic E-state index is 8.60. The number of methoxy groups -OCH3 is 1. The Kier molecular flexibility index (Phi) is 4.67. The molecule has 1 heterocycles. The largest absolute Gasteiger partial charge is 0.468 e. The van der Waals surface area contributed by atoms with Crippen molar-refractivity contribution in [3.05, 3.63) is 28.6 Å². The van der Waals surface area contributed by atoms with Crippen LogP contribution in [0.25, 0.3) is 11.3 Å². The first-order valence-corrected chi connectivity index (χ1v) is 7.80. The molecule has 0 unspecified atom stereocenters. The topological polar surface area (TPSA) is 76.0 Å². The second-order valence-electron chi connectivity index (χ2n) is 4.88. The molecule has 0 spiro atoms. The molecule has 0 saturated carbocycles. The Hall–Kier alpha value is -1.96. The maximum absolute atomic E-state index is 8.60. The lowest BCUT2D eigenvalue weighted by molar-refractivity contribution is 0.0511. The van der Waals surface area contributed by atoms with Gasteiger partial charge in [0.1, 0.15) is 12.1 Å². The number of fused-ring (bicyclic) bond motifs is 3. The Morgan fingerprint density at radius 3 is 3.18 bits per heavy atom. The smallest absolute Gasteiger partial charge is 0.211 e. The molecule has 1 aromatic heterocycles. The number of hydrogen-bond acceptors (Lipinski definition) is 6. The monoisotopic (exact) mass is 319 g/mol. The second-order valence-corrected chi connectivity index (χ2v) is 5.94. The van der Waals surface area contributed by atoms with Gasteiger partial charge in [-0.3, -0.25) is 10.7 Å². The molecule has 1 aliphatic carbocycles. The summed E-state index contributed by atoms with van der Waals surface area (Å²) in [7, 11) is 1.60. The van der Waals surface area contributed by atoms with Crippen molar-refractivity contribution in [1.29, 1.82) is 0 Å². The van der Waals surface area contributed by atoms with Crippen LogP contribution in [0, 0.1) is 0 Å². The number of nitrogens with one attached hydrogen (secondary N) is 1. The van der Waals surface area contributed by atoms with Gasteiger partial charge in [0, 0.05) is 17.6 Å². The molecule has 0 aliphatic heterocycles. The van der Waals surface area contributed by atoms with E-state index in [0.717, 1.165) is 36.3 Å².